The Bertz CT molecular complexity index is 833. The normalized spacial score (nSPS) is 18.2. The van der Waals surface area contributed by atoms with Crippen molar-refractivity contribution in [3.05, 3.63) is 53.1 Å². The first-order valence-electron chi connectivity index (χ1n) is 8.54. The number of halogens is 1. The number of carbonyl (C=O) groups excluding carboxylic acids is 2. The van der Waals surface area contributed by atoms with E-state index >= 15 is 0 Å². The third kappa shape index (κ3) is 4.17. The summed E-state index contributed by atoms with van der Waals surface area (Å²) in [5, 5.41) is 6.33. The summed E-state index contributed by atoms with van der Waals surface area (Å²) in [6.07, 6.45) is 0.945. The highest BCUT2D eigenvalue weighted by atomic mass is 35.5. The molecule has 0 spiro atoms. The summed E-state index contributed by atoms with van der Waals surface area (Å²) in [6.45, 7) is 2.06. The summed E-state index contributed by atoms with van der Waals surface area (Å²) in [4.78, 5) is 26.4. The predicted molar refractivity (Wildman–Crippen MR) is 106 cm³/mol. The topological polar surface area (TPSA) is 61.4 Å². The molecule has 2 aromatic carbocycles. The maximum absolute atomic E-state index is 12.5. The van der Waals surface area contributed by atoms with Crippen LogP contribution in [0.2, 0.25) is 5.02 Å². The molecular weight excluding hydrogens is 350 g/mol. The van der Waals surface area contributed by atoms with Crippen LogP contribution < -0.4 is 15.5 Å². The molecular formula is C20H22ClN3O2. The lowest BCUT2D eigenvalue weighted by Crippen LogP contribution is -2.17. The fraction of sp³-hybridized carbons (Fsp3) is 0.300. The summed E-state index contributed by atoms with van der Waals surface area (Å²) in [7, 11) is 3.80. The van der Waals surface area contributed by atoms with E-state index in [0.717, 1.165) is 12.1 Å². The minimum Gasteiger partial charge on any atom is -0.376 e. The van der Waals surface area contributed by atoms with E-state index in [2.05, 4.69) is 17.6 Å². The van der Waals surface area contributed by atoms with Gasteiger partial charge < -0.3 is 15.5 Å². The molecule has 0 aromatic heterocycles. The number of anilines is 3. The molecule has 2 atom stereocenters. The maximum Gasteiger partial charge on any atom is 0.255 e. The number of rotatable bonds is 5. The lowest BCUT2D eigenvalue weighted by molar-refractivity contribution is -0.117. The van der Waals surface area contributed by atoms with Gasteiger partial charge in [0.05, 0.1) is 11.4 Å². The minimum absolute atomic E-state index is 0.0456. The predicted octanol–water partition coefficient (Wildman–Crippen LogP) is 4.25. The molecule has 2 amide bonds. The Morgan fingerprint density at radius 3 is 2.31 bits per heavy atom. The molecule has 3 rings (SSSR count). The summed E-state index contributed by atoms with van der Waals surface area (Å²) in [5.74, 6) is 0.391. The van der Waals surface area contributed by atoms with Gasteiger partial charge in [0, 0.05) is 36.3 Å². The van der Waals surface area contributed by atoms with Crippen molar-refractivity contribution in [1.29, 1.82) is 0 Å². The van der Waals surface area contributed by atoms with E-state index in [9.17, 15) is 9.59 Å². The Morgan fingerprint density at radius 2 is 1.73 bits per heavy atom. The Labute approximate surface area is 158 Å². The van der Waals surface area contributed by atoms with Gasteiger partial charge in [-0.15, -0.1) is 0 Å². The zero-order valence-electron chi connectivity index (χ0n) is 15.0. The van der Waals surface area contributed by atoms with Crippen molar-refractivity contribution in [2.45, 2.75) is 13.3 Å². The number of hydrogen-bond acceptors (Lipinski definition) is 3. The quantitative estimate of drug-likeness (QED) is 0.825. The van der Waals surface area contributed by atoms with Gasteiger partial charge in [0.15, 0.2) is 0 Å². The molecule has 2 aromatic rings. The van der Waals surface area contributed by atoms with E-state index < -0.39 is 0 Å². The van der Waals surface area contributed by atoms with Gasteiger partial charge in [-0.2, -0.15) is 0 Å². The maximum atomic E-state index is 12.5. The number of amides is 2. The van der Waals surface area contributed by atoms with E-state index in [1.807, 2.05) is 25.1 Å². The number of carbonyl (C=O) groups is 2. The lowest BCUT2D eigenvalue weighted by atomic mass is 10.1. The third-order valence-electron chi connectivity index (χ3n) is 4.55. The molecule has 1 aliphatic carbocycles. The second-order valence-electron chi connectivity index (χ2n) is 6.90. The molecule has 0 bridgehead atoms. The zero-order valence-corrected chi connectivity index (χ0v) is 15.8. The van der Waals surface area contributed by atoms with Crippen molar-refractivity contribution in [3.63, 3.8) is 0 Å². The standard InChI is InChI=1S/C20H22ClN3O2/c1-12-10-16(12)20(26)22-15-7-4-13(5-8-15)19(25)23-17-11-14(21)6-9-18(17)24(2)3/h4-9,11-12,16H,10H2,1-3H3,(H,22,26)(H,23,25). The highest BCUT2D eigenvalue weighted by Crippen LogP contribution is 2.38. The Hall–Kier alpha value is -2.53. The van der Waals surface area contributed by atoms with Gasteiger partial charge >= 0.3 is 0 Å². The fourth-order valence-corrected chi connectivity index (χ4v) is 2.99. The minimum atomic E-state index is -0.232. The number of hydrogen-bond donors (Lipinski definition) is 2. The van der Waals surface area contributed by atoms with Crippen LogP contribution in [-0.2, 0) is 4.79 Å². The molecule has 1 aliphatic rings. The molecule has 0 radical (unpaired) electrons. The van der Waals surface area contributed by atoms with E-state index in [4.69, 9.17) is 11.6 Å². The summed E-state index contributed by atoms with van der Waals surface area (Å²) in [5.41, 5.74) is 2.72. The third-order valence-corrected chi connectivity index (χ3v) is 4.78. The monoisotopic (exact) mass is 371 g/mol. The summed E-state index contributed by atoms with van der Waals surface area (Å²) in [6, 6.07) is 12.2. The number of nitrogens with one attached hydrogen (secondary N) is 2. The Balaban J connectivity index is 1.69. The average molecular weight is 372 g/mol. The molecule has 6 heteroatoms. The van der Waals surface area contributed by atoms with Crippen LogP contribution in [-0.4, -0.2) is 25.9 Å². The van der Waals surface area contributed by atoms with Crippen LogP contribution >= 0.6 is 11.6 Å². The SMILES string of the molecule is CC1CC1C(=O)Nc1ccc(C(=O)Nc2cc(Cl)ccc2N(C)C)cc1. The van der Waals surface area contributed by atoms with Crippen LogP contribution in [0.4, 0.5) is 17.1 Å². The van der Waals surface area contributed by atoms with Crippen LogP contribution in [0, 0.1) is 11.8 Å². The van der Waals surface area contributed by atoms with Gasteiger partial charge in [-0.25, -0.2) is 0 Å². The highest BCUT2D eigenvalue weighted by Gasteiger charge is 2.39. The average Bonchev–Trinajstić information content (AvgIpc) is 3.32. The first-order valence-corrected chi connectivity index (χ1v) is 8.92. The van der Waals surface area contributed by atoms with Gasteiger partial charge in [0.2, 0.25) is 5.91 Å². The lowest BCUT2D eigenvalue weighted by Gasteiger charge is -2.18. The molecule has 0 aliphatic heterocycles. The molecule has 0 saturated heterocycles. The van der Waals surface area contributed by atoms with Gasteiger partial charge in [-0.3, -0.25) is 9.59 Å². The van der Waals surface area contributed by atoms with Gasteiger partial charge in [0.25, 0.3) is 5.91 Å². The number of benzene rings is 2. The second kappa shape index (κ2) is 7.38. The molecule has 0 heterocycles. The van der Waals surface area contributed by atoms with Crippen LogP contribution in [0.5, 0.6) is 0 Å². The molecule has 2 N–H and O–H groups in total. The van der Waals surface area contributed by atoms with E-state index in [1.54, 1.807) is 36.4 Å². The van der Waals surface area contributed by atoms with E-state index in [1.165, 1.54) is 0 Å². The summed E-state index contributed by atoms with van der Waals surface area (Å²) < 4.78 is 0. The first kappa shape index (κ1) is 18.3. The smallest absolute Gasteiger partial charge is 0.255 e. The van der Waals surface area contributed by atoms with Crippen molar-refractivity contribution < 1.29 is 9.59 Å². The van der Waals surface area contributed by atoms with E-state index in [-0.39, 0.29) is 17.7 Å². The Morgan fingerprint density at radius 1 is 1.08 bits per heavy atom. The fourth-order valence-electron chi connectivity index (χ4n) is 2.82. The van der Waals surface area contributed by atoms with Crippen LogP contribution in [0.1, 0.15) is 23.7 Å². The van der Waals surface area contributed by atoms with Gasteiger partial charge in [-0.1, -0.05) is 18.5 Å². The highest BCUT2D eigenvalue weighted by molar-refractivity contribution is 6.31. The van der Waals surface area contributed by atoms with Crippen molar-refractivity contribution >= 4 is 40.5 Å². The van der Waals surface area contributed by atoms with E-state index in [0.29, 0.717) is 27.9 Å². The van der Waals surface area contributed by atoms with Crippen molar-refractivity contribution in [2.24, 2.45) is 11.8 Å². The molecule has 1 saturated carbocycles. The zero-order chi connectivity index (χ0) is 18.8. The van der Waals surface area contributed by atoms with Gasteiger partial charge in [-0.05, 0) is 54.8 Å². The largest absolute Gasteiger partial charge is 0.376 e. The molecule has 2 unspecified atom stereocenters. The van der Waals surface area contributed by atoms with Crippen LogP contribution in [0.25, 0.3) is 0 Å². The molecule has 136 valence electrons. The first-order chi connectivity index (χ1) is 12.3. The van der Waals surface area contributed by atoms with Crippen molar-refractivity contribution in [1.82, 2.24) is 0 Å². The van der Waals surface area contributed by atoms with Crippen molar-refractivity contribution in [3.8, 4) is 0 Å². The molecule has 26 heavy (non-hydrogen) atoms. The Kier molecular flexibility index (Phi) is 5.18. The molecule has 1 fully saturated rings. The van der Waals surface area contributed by atoms with Crippen molar-refractivity contribution in [2.75, 3.05) is 29.6 Å². The molecule has 5 nitrogen and oxygen atoms in total. The van der Waals surface area contributed by atoms with Gasteiger partial charge in [0.1, 0.15) is 0 Å². The number of nitrogens with zero attached hydrogens (tertiary/aromatic N) is 1. The summed E-state index contributed by atoms with van der Waals surface area (Å²) >= 11 is 6.05. The van der Waals surface area contributed by atoms with Crippen LogP contribution in [0.3, 0.4) is 0 Å². The van der Waals surface area contributed by atoms with Crippen LogP contribution in [0.15, 0.2) is 42.5 Å². The second-order valence-corrected chi connectivity index (χ2v) is 7.33.